The summed E-state index contributed by atoms with van der Waals surface area (Å²) < 4.78 is 38.8. The molecule has 0 saturated carbocycles. The smallest absolute Gasteiger partial charge is 0.324 e. The van der Waals surface area contributed by atoms with E-state index in [1.165, 1.54) is 21.9 Å². The first-order chi connectivity index (χ1) is 35.1. The summed E-state index contributed by atoms with van der Waals surface area (Å²) in [7, 11) is 5.63. The molecule has 1 aromatic carbocycles. The monoisotopic (exact) mass is 1020 g/mol. The van der Waals surface area contributed by atoms with Gasteiger partial charge in [-0.1, -0.05) is 26.8 Å². The number of nitrogens with one attached hydrogen (secondary N) is 2. The molecule has 5 fully saturated rings. The topological polar surface area (TPSA) is 171 Å². The van der Waals surface area contributed by atoms with Crippen molar-refractivity contribution < 1.29 is 42.8 Å². The lowest BCUT2D eigenvalue weighted by Gasteiger charge is -2.51. The summed E-state index contributed by atoms with van der Waals surface area (Å²) in [6, 6.07) is 6.47. The molecule has 6 aliphatic rings. The SMILES string of the molecule is CO[C@@H](C)c1ncc(C2CCN(C)CC2)cc1-c1c2c3cc(ccc3n1CCOC1CCOCC1)-c1csc(n1)[C@@H](N1CC(C)(OC)C1)[C@H](NC(=O)[C@@H]1OC[C@@H]1C)C(=O)N1CCC[C@H](N1)C(=O)OCC(C)(C)C2. The van der Waals surface area contributed by atoms with Gasteiger partial charge in [-0.25, -0.2) is 10.4 Å². The predicted molar refractivity (Wildman–Crippen MR) is 278 cm³/mol. The highest BCUT2D eigenvalue weighted by molar-refractivity contribution is 7.10. The van der Waals surface area contributed by atoms with Crippen molar-refractivity contribution >= 4 is 40.0 Å². The van der Waals surface area contributed by atoms with E-state index in [4.69, 9.17) is 38.4 Å². The number of fused-ring (bicyclic) bond motifs is 6. The first kappa shape index (κ1) is 52.1. The van der Waals surface area contributed by atoms with Crippen LogP contribution in [0.4, 0.5) is 0 Å². The van der Waals surface area contributed by atoms with Crippen molar-refractivity contribution in [3.05, 3.63) is 57.7 Å². The number of hydrogen-bond donors (Lipinski definition) is 2. The third-order valence-corrected chi connectivity index (χ3v) is 17.3. The van der Waals surface area contributed by atoms with Gasteiger partial charge >= 0.3 is 5.97 Å². The number of piperidine rings is 1. The first-order valence-corrected chi connectivity index (χ1v) is 27.5. The Morgan fingerprint density at radius 3 is 2.53 bits per heavy atom. The number of rotatable bonds is 12. The molecule has 6 aliphatic heterocycles. The number of carbonyl (C=O) groups is 3. The quantitative estimate of drug-likeness (QED) is 0.149. The fourth-order valence-corrected chi connectivity index (χ4v) is 12.7. The molecule has 2 N–H and O–H groups in total. The van der Waals surface area contributed by atoms with Crippen molar-refractivity contribution in [2.75, 3.05) is 87.0 Å². The van der Waals surface area contributed by atoms with E-state index in [9.17, 15) is 9.59 Å². The van der Waals surface area contributed by atoms with Gasteiger partial charge in [-0.3, -0.25) is 29.3 Å². The molecule has 0 aliphatic carbocycles. The number of hydrogen-bond acceptors (Lipinski definition) is 15. The maximum absolute atomic E-state index is 15.1. The molecule has 2 amide bonds. The lowest BCUT2D eigenvalue weighted by molar-refractivity contribution is -0.166. The molecular weight excluding hydrogens is 949 g/mol. The zero-order chi connectivity index (χ0) is 51.2. The number of methoxy groups -OCH3 is 2. The number of thiazole rings is 1. The van der Waals surface area contributed by atoms with Gasteiger partial charge in [-0.2, -0.15) is 0 Å². The van der Waals surface area contributed by atoms with Crippen LogP contribution in [-0.2, 0) is 55.8 Å². The minimum absolute atomic E-state index is 0.000545. The van der Waals surface area contributed by atoms with Gasteiger partial charge in [0.1, 0.15) is 23.2 Å². The summed E-state index contributed by atoms with van der Waals surface area (Å²) in [4.78, 5) is 58.7. The number of ether oxygens (including phenoxy) is 6. The van der Waals surface area contributed by atoms with Crippen LogP contribution in [0.5, 0.6) is 0 Å². The Labute approximate surface area is 433 Å². The van der Waals surface area contributed by atoms with Crippen LogP contribution in [0.25, 0.3) is 33.4 Å². The van der Waals surface area contributed by atoms with Crippen molar-refractivity contribution in [2.24, 2.45) is 11.3 Å². The molecule has 3 aromatic heterocycles. The van der Waals surface area contributed by atoms with Gasteiger partial charge < -0.3 is 43.2 Å². The molecule has 18 heteroatoms. The number of hydrazine groups is 1. The molecule has 9 heterocycles. The average molecular weight is 1030 g/mol. The van der Waals surface area contributed by atoms with E-state index in [0.717, 1.165) is 83.4 Å². The normalized spacial score (nSPS) is 27.0. The molecule has 17 nitrogen and oxygen atoms in total. The van der Waals surface area contributed by atoms with Crippen LogP contribution in [0.3, 0.4) is 0 Å². The molecule has 4 aromatic rings. The zero-order valence-electron chi connectivity index (χ0n) is 44.1. The fraction of sp³-hybridized carbons (Fsp3) is 0.655. The van der Waals surface area contributed by atoms with Crippen LogP contribution in [0.15, 0.2) is 35.8 Å². The Morgan fingerprint density at radius 2 is 1.82 bits per heavy atom. The summed E-state index contributed by atoms with van der Waals surface area (Å²) in [5, 5.41) is 8.46. The number of cyclic esters (lactones) is 1. The highest BCUT2D eigenvalue weighted by Gasteiger charge is 2.50. The summed E-state index contributed by atoms with van der Waals surface area (Å²) in [5.41, 5.74) is 10.3. The molecule has 396 valence electrons. The number of benzene rings is 1. The van der Waals surface area contributed by atoms with Crippen molar-refractivity contribution in [1.29, 1.82) is 0 Å². The van der Waals surface area contributed by atoms with Gasteiger partial charge in [-0.15, -0.1) is 11.3 Å². The van der Waals surface area contributed by atoms with Crippen LogP contribution in [0.1, 0.15) is 113 Å². The molecule has 6 bridgehead atoms. The summed E-state index contributed by atoms with van der Waals surface area (Å²) in [6.07, 6.45) is 6.66. The van der Waals surface area contributed by atoms with Crippen LogP contribution < -0.4 is 10.7 Å². The van der Waals surface area contributed by atoms with Crippen LogP contribution in [-0.4, -0.2) is 164 Å². The Hall–Kier alpha value is -4.37. The summed E-state index contributed by atoms with van der Waals surface area (Å²) >= 11 is 1.48. The number of nitrogens with zero attached hydrogens (tertiary/aromatic N) is 6. The largest absolute Gasteiger partial charge is 0.464 e. The Balaban J connectivity index is 1.14. The number of amides is 2. The van der Waals surface area contributed by atoms with E-state index in [2.05, 4.69) is 88.8 Å². The minimum Gasteiger partial charge on any atom is -0.464 e. The zero-order valence-corrected chi connectivity index (χ0v) is 44.9. The maximum atomic E-state index is 15.1. The first-order valence-electron chi connectivity index (χ1n) is 26.6. The van der Waals surface area contributed by atoms with Gasteiger partial charge in [0.05, 0.1) is 60.8 Å². The van der Waals surface area contributed by atoms with E-state index in [1.807, 2.05) is 13.8 Å². The van der Waals surface area contributed by atoms with Gasteiger partial charge in [0, 0.05) is 98.6 Å². The van der Waals surface area contributed by atoms with Crippen LogP contribution in [0.2, 0.25) is 0 Å². The van der Waals surface area contributed by atoms with Crippen molar-refractivity contribution in [2.45, 2.75) is 134 Å². The molecule has 6 atom stereocenters. The van der Waals surface area contributed by atoms with E-state index < -0.39 is 41.2 Å². The molecule has 0 spiro atoms. The molecule has 10 rings (SSSR count). The molecule has 5 saturated heterocycles. The number of likely N-dealkylation sites (tertiary alicyclic amines) is 2. The second-order valence-corrected chi connectivity index (χ2v) is 23.5. The van der Waals surface area contributed by atoms with E-state index in [0.29, 0.717) is 82.8 Å². The fourth-order valence-electron chi connectivity index (χ4n) is 11.8. The second-order valence-electron chi connectivity index (χ2n) is 22.6. The van der Waals surface area contributed by atoms with Crippen LogP contribution in [0, 0.1) is 11.3 Å². The third kappa shape index (κ3) is 10.9. The van der Waals surface area contributed by atoms with E-state index in [1.54, 1.807) is 14.2 Å². The molecule has 73 heavy (non-hydrogen) atoms. The van der Waals surface area contributed by atoms with E-state index in [-0.39, 0.29) is 36.5 Å². The standard InChI is InChI=1S/C55H76N8O9S/c1-33-28-71-49(33)50(64)58-46-48(61-30-55(5,31-61)68-8)51-57-43(29-73-51)36-11-12-44-39(24-36)41(26-54(3,4)32-72-53(66)42-10-9-17-63(59-42)52(46)65)47(62(44)20-23-70-38-15-21-69-22-16-38)40-25-37(27-56-45(40)34(2)67-7)35-13-18-60(6)19-14-35/h11-12,24-25,27,29,33-35,38,42,46,48-49,59H,9-10,13-23,26,28,30-32H2,1-8H3,(H,58,64)/t33-,34-,42-,46-,48-,49+/m0/s1. The lowest BCUT2D eigenvalue weighted by Crippen LogP contribution is -2.68. The molecule has 0 radical (unpaired) electrons. The summed E-state index contributed by atoms with van der Waals surface area (Å²) in [5.74, 6) is -0.764. The Morgan fingerprint density at radius 1 is 1.04 bits per heavy atom. The maximum Gasteiger partial charge on any atom is 0.324 e. The third-order valence-electron chi connectivity index (χ3n) is 16.4. The minimum atomic E-state index is -1.07. The highest BCUT2D eigenvalue weighted by Crippen LogP contribution is 2.45. The molecule has 0 unspecified atom stereocenters. The summed E-state index contributed by atoms with van der Waals surface area (Å²) in [6.45, 7) is 16.9. The lowest BCUT2D eigenvalue weighted by atomic mass is 9.83. The number of pyridine rings is 1. The second kappa shape index (κ2) is 21.7. The van der Waals surface area contributed by atoms with Gasteiger partial charge in [0.25, 0.3) is 5.91 Å². The average Bonchev–Trinajstić information content (AvgIpc) is 3.98. The van der Waals surface area contributed by atoms with Crippen molar-refractivity contribution in [1.82, 2.24) is 40.1 Å². The Kier molecular flexibility index (Phi) is 15.5. The molecular formula is C55H76N8O9S. The predicted octanol–water partition coefficient (Wildman–Crippen LogP) is 6.44. The number of carbonyl (C=O) groups excluding carboxylic acids is 3. The van der Waals surface area contributed by atoms with Crippen LogP contribution >= 0.6 is 11.3 Å². The van der Waals surface area contributed by atoms with Gasteiger partial charge in [0.2, 0.25) is 5.91 Å². The van der Waals surface area contributed by atoms with Crippen molar-refractivity contribution in [3.8, 4) is 22.5 Å². The van der Waals surface area contributed by atoms with E-state index >= 15 is 4.79 Å². The number of esters is 1. The highest BCUT2D eigenvalue weighted by atomic mass is 32.1. The van der Waals surface area contributed by atoms with Gasteiger partial charge in [-0.05, 0) is 114 Å². The van der Waals surface area contributed by atoms with Gasteiger partial charge in [0.15, 0.2) is 0 Å². The van der Waals surface area contributed by atoms with Crippen molar-refractivity contribution in [3.63, 3.8) is 0 Å². The number of aromatic nitrogens is 3. The Bertz CT molecular complexity index is 2630.